The number of carbonyl (C=O) groups excluding carboxylic acids is 1. The maximum Gasteiger partial charge on any atom is 0.254 e. The molecule has 0 heterocycles. The molecule has 0 aromatic heterocycles. The van der Waals surface area contributed by atoms with Gasteiger partial charge in [0.1, 0.15) is 5.75 Å². The number of alkyl halides is 1. The minimum Gasteiger partial charge on any atom is -0.494 e. The monoisotopic (exact) mass is 339 g/mol. The summed E-state index contributed by atoms with van der Waals surface area (Å²) in [6, 6.07) is 7.96. The maximum atomic E-state index is 12.5. The molecule has 0 radical (unpaired) electrons. The highest BCUT2D eigenvalue weighted by atomic mass is 79.9. The number of rotatable bonds is 8. The van der Waals surface area contributed by atoms with Gasteiger partial charge in [-0.1, -0.05) is 29.3 Å². The Morgan fingerprint density at radius 3 is 2.60 bits per heavy atom. The second kappa shape index (κ2) is 7.67. The summed E-state index contributed by atoms with van der Waals surface area (Å²) in [5.74, 6) is 0.973. The number of benzene rings is 1. The Bertz CT molecular complexity index is 429. The van der Waals surface area contributed by atoms with E-state index in [1.165, 1.54) is 0 Å². The van der Waals surface area contributed by atoms with Crippen LogP contribution in [0.3, 0.4) is 0 Å². The predicted molar refractivity (Wildman–Crippen MR) is 84.7 cm³/mol. The van der Waals surface area contributed by atoms with Gasteiger partial charge in [-0.15, -0.1) is 0 Å². The van der Waals surface area contributed by atoms with Gasteiger partial charge >= 0.3 is 0 Å². The van der Waals surface area contributed by atoms with E-state index in [9.17, 15) is 4.79 Å². The number of ether oxygens (including phenoxy) is 1. The lowest BCUT2D eigenvalue weighted by atomic mass is 10.2. The fourth-order valence-corrected chi connectivity index (χ4v) is 2.50. The van der Waals surface area contributed by atoms with Crippen LogP contribution in [-0.2, 0) is 0 Å². The van der Waals surface area contributed by atoms with Crippen LogP contribution < -0.4 is 4.74 Å². The summed E-state index contributed by atoms with van der Waals surface area (Å²) in [7, 11) is 0. The Labute approximate surface area is 129 Å². The van der Waals surface area contributed by atoms with Gasteiger partial charge in [0, 0.05) is 23.5 Å². The van der Waals surface area contributed by atoms with Crippen LogP contribution in [0.1, 0.15) is 43.0 Å². The van der Waals surface area contributed by atoms with Gasteiger partial charge in [-0.25, -0.2) is 0 Å². The van der Waals surface area contributed by atoms with Crippen LogP contribution in [0.25, 0.3) is 0 Å². The van der Waals surface area contributed by atoms with Crippen molar-refractivity contribution in [3.63, 3.8) is 0 Å². The normalized spacial score (nSPS) is 14.1. The standard InChI is InChI=1S/C16H22BrNO2/c1-2-3-12-20-15-8-4-13(5-9-15)16(19)18(11-10-17)14-6-7-14/h4-5,8-9,14H,2-3,6-7,10-12H2,1H3. The minimum absolute atomic E-state index is 0.132. The zero-order chi connectivity index (χ0) is 14.4. The van der Waals surface area contributed by atoms with E-state index in [0.717, 1.165) is 55.5 Å². The lowest BCUT2D eigenvalue weighted by molar-refractivity contribution is 0.0754. The Morgan fingerprint density at radius 1 is 1.35 bits per heavy atom. The molecule has 0 unspecified atom stereocenters. The van der Waals surface area contributed by atoms with Crippen LogP contribution in [0.4, 0.5) is 0 Å². The molecule has 0 aliphatic heterocycles. The predicted octanol–water partition coefficient (Wildman–Crippen LogP) is 3.87. The van der Waals surface area contributed by atoms with Gasteiger partial charge in [-0.3, -0.25) is 4.79 Å². The highest BCUT2D eigenvalue weighted by molar-refractivity contribution is 9.09. The van der Waals surface area contributed by atoms with Gasteiger partial charge in [-0.2, -0.15) is 0 Å². The molecule has 1 saturated carbocycles. The molecule has 0 atom stereocenters. The molecule has 0 bridgehead atoms. The van der Waals surface area contributed by atoms with Crippen molar-refractivity contribution in [3.05, 3.63) is 29.8 Å². The summed E-state index contributed by atoms with van der Waals surface area (Å²) in [6.45, 7) is 3.65. The van der Waals surface area contributed by atoms with Crippen LogP contribution in [0.15, 0.2) is 24.3 Å². The first-order chi connectivity index (χ1) is 9.76. The Balaban J connectivity index is 1.95. The molecule has 1 amide bonds. The van der Waals surface area contributed by atoms with Crippen molar-refractivity contribution in [1.82, 2.24) is 4.90 Å². The summed E-state index contributed by atoms with van der Waals surface area (Å²) in [5.41, 5.74) is 0.751. The highest BCUT2D eigenvalue weighted by Crippen LogP contribution is 2.28. The van der Waals surface area contributed by atoms with E-state index in [-0.39, 0.29) is 5.91 Å². The van der Waals surface area contributed by atoms with Crippen LogP contribution in [0, 0.1) is 0 Å². The molecule has 4 heteroatoms. The molecular formula is C16H22BrNO2. The molecule has 1 aliphatic rings. The SMILES string of the molecule is CCCCOc1ccc(C(=O)N(CCBr)C2CC2)cc1. The molecular weight excluding hydrogens is 318 g/mol. The molecule has 3 nitrogen and oxygen atoms in total. The molecule has 1 aliphatic carbocycles. The largest absolute Gasteiger partial charge is 0.494 e. The van der Waals surface area contributed by atoms with Crippen molar-refractivity contribution < 1.29 is 9.53 Å². The molecule has 1 aromatic carbocycles. The molecule has 0 N–H and O–H groups in total. The third-order valence-electron chi connectivity index (χ3n) is 3.44. The van der Waals surface area contributed by atoms with E-state index in [0.29, 0.717) is 6.04 Å². The number of amides is 1. The number of carbonyl (C=O) groups is 1. The quantitative estimate of drug-likeness (QED) is 0.531. The molecule has 2 rings (SSSR count). The summed E-state index contributed by atoms with van der Waals surface area (Å²) in [4.78, 5) is 14.4. The Morgan fingerprint density at radius 2 is 2.05 bits per heavy atom. The molecule has 1 aromatic rings. The average Bonchev–Trinajstić information content (AvgIpc) is 3.30. The molecule has 20 heavy (non-hydrogen) atoms. The van der Waals surface area contributed by atoms with E-state index in [1.807, 2.05) is 29.2 Å². The zero-order valence-corrected chi connectivity index (χ0v) is 13.6. The van der Waals surface area contributed by atoms with Gasteiger partial charge in [0.15, 0.2) is 0 Å². The van der Waals surface area contributed by atoms with E-state index < -0.39 is 0 Å². The molecule has 110 valence electrons. The van der Waals surface area contributed by atoms with Crippen molar-refractivity contribution in [2.45, 2.75) is 38.6 Å². The molecule has 0 spiro atoms. The van der Waals surface area contributed by atoms with E-state index in [1.54, 1.807) is 0 Å². The minimum atomic E-state index is 0.132. The zero-order valence-electron chi connectivity index (χ0n) is 12.0. The van der Waals surface area contributed by atoms with Crippen molar-refractivity contribution >= 4 is 21.8 Å². The topological polar surface area (TPSA) is 29.5 Å². The average molecular weight is 340 g/mol. The molecule has 1 fully saturated rings. The number of hydrogen-bond acceptors (Lipinski definition) is 2. The third kappa shape index (κ3) is 4.23. The number of nitrogens with zero attached hydrogens (tertiary/aromatic N) is 1. The fraction of sp³-hybridized carbons (Fsp3) is 0.562. The van der Waals surface area contributed by atoms with Crippen LogP contribution >= 0.6 is 15.9 Å². The van der Waals surface area contributed by atoms with Crippen molar-refractivity contribution in [1.29, 1.82) is 0 Å². The van der Waals surface area contributed by atoms with Crippen LogP contribution in [0.2, 0.25) is 0 Å². The number of hydrogen-bond donors (Lipinski definition) is 0. The van der Waals surface area contributed by atoms with Crippen molar-refractivity contribution in [3.8, 4) is 5.75 Å². The van der Waals surface area contributed by atoms with E-state index in [4.69, 9.17) is 4.74 Å². The molecule has 0 saturated heterocycles. The smallest absolute Gasteiger partial charge is 0.254 e. The van der Waals surface area contributed by atoms with E-state index >= 15 is 0 Å². The van der Waals surface area contributed by atoms with Gasteiger partial charge in [-0.05, 0) is 43.5 Å². The van der Waals surface area contributed by atoms with Crippen molar-refractivity contribution in [2.75, 3.05) is 18.5 Å². The number of halogens is 1. The number of unbranched alkanes of at least 4 members (excludes halogenated alkanes) is 1. The van der Waals surface area contributed by atoms with Crippen molar-refractivity contribution in [2.24, 2.45) is 0 Å². The second-order valence-electron chi connectivity index (χ2n) is 5.15. The Kier molecular flexibility index (Phi) is 5.89. The summed E-state index contributed by atoms with van der Waals surface area (Å²) in [5, 5.41) is 0.827. The lowest BCUT2D eigenvalue weighted by Gasteiger charge is -2.21. The first-order valence-corrected chi connectivity index (χ1v) is 8.48. The van der Waals surface area contributed by atoms with Gasteiger partial charge in [0.25, 0.3) is 5.91 Å². The second-order valence-corrected chi connectivity index (χ2v) is 5.94. The van der Waals surface area contributed by atoms with E-state index in [2.05, 4.69) is 22.9 Å². The van der Waals surface area contributed by atoms with Crippen LogP contribution in [-0.4, -0.2) is 35.3 Å². The summed E-state index contributed by atoms with van der Waals surface area (Å²) >= 11 is 3.42. The highest BCUT2D eigenvalue weighted by Gasteiger charge is 2.32. The first-order valence-electron chi connectivity index (χ1n) is 7.36. The summed E-state index contributed by atoms with van der Waals surface area (Å²) < 4.78 is 5.62. The first kappa shape index (κ1) is 15.4. The Hall–Kier alpha value is -1.03. The maximum absolute atomic E-state index is 12.5. The van der Waals surface area contributed by atoms with Gasteiger partial charge < -0.3 is 9.64 Å². The van der Waals surface area contributed by atoms with Gasteiger partial charge in [0.05, 0.1) is 6.61 Å². The van der Waals surface area contributed by atoms with Gasteiger partial charge in [0.2, 0.25) is 0 Å². The van der Waals surface area contributed by atoms with Crippen LogP contribution in [0.5, 0.6) is 5.75 Å². The fourth-order valence-electron chi connectivity index (χ4n) is 2.12. The summed E-state index contributed by atoms with van der Waals surface area (Å²) in [6.07, 6.45) is 4.45. The third-order valence-corrected chi connectivity index (χ3v) is 3.80. The lowest BCUT2D eigenvalue weighted by Crippen LogP contribution is -2.34.